The van der Waals surface area contributed by atoms with Gasteiger partial charge in [-0.25, -0.2) is 4.90 Å². The third-order valence-corrected chi connectivity index (χ3v) is 5.86. The lowest BCUT2D eigenvalue weighted by atomic mass is 10.0. The van der Waals surface area contributed by atoms with E-state index < -0.39 is 0 Å². The molecule has 0 aliphatic carbocycles. The van der Waals surface area contributed by atoms with Crippen molar-refractivity contribution in [2.75, 3.05) is 25.1 Å². The van der Waals surface area contributed by atoms with Crippen LogP contribution in [0, 0.1) is 13.8 Å². The Bertz CT molecular complexity index is 986. The normalized spacial score (nSPS) is 17.3. The molecule has 2 heterocycles. The van der Waals surface area contributed by atoms with Crippen molar-refractivity contribution < 1.29 is 14.3 Å². The molecule has 0 radical (unpaired) electrons. The van der Waals surface area contributed by atoms with E-state index in [1.165, 1.54) is 4.90 Å². The maximum atomic E-state index is 13.5. The molecule has 2 aliphatic heterocycles. The van der Waals surface area contributed by atoms with Crippen LogP contribution in [0.5, 0.6) is 5.75 Å². The van der Waals surface area contributed by atoms with Gasteiger partial charge in [-0.3, -0.25) is 9.59 Å². The van der Waals surface area contributed by atoms with E-state index in [1.54, 1.807) is 7.11 Å². The quantitative estimate of drug-likeness (QED) is 0.738. The lowest BCUT2D eigenvalue weighted by molar-refractivity contribution is -0.120. The maximum absolute atomic E-state index is 13.5. The molecule has 1 fully saturated rings. The average Bonchev–Trinajstić information content (AvgIpc) is 3.01. The van der Waals surface area contributed by atoms with Gasteiger partial charge < -0.3 is 9.64 Å². The standard InChI is InChI=1S/C24H26N2O3/c1-16-7-10-19(15-17(16)2)26-23(27)21(18-8-11-20(29-3)12-9-18)22(24(26)28)25-13-5-4-6-14-25/h7-12,15H,4-6,13-14H2,1-3H3. The summed E-state index contributed by atoms with van der Waals surface area (Å²) in [6, 6.07) is 13.1. The largest absolute Gasteiger partial charge is 0.497 e. The Morgan fingerprint density at radius 3 is 2.14 bits per heavy atom. The number of methoxy groups -OCH3 is 1. The highest BCUT2D eigenvalue weighted by atomic mass is 16.5. The van der Waals surface area contributed by atoms with Crippen molar-refractivity contribution in [3.05, 3.63) is 64.9 Å². The van der Waals surface area contributed by atoms with Gasteiger partial charge in [-0.1, -0.05) is 18.2 Å². The zero-order valence-corrected chi connectivity index (χ0v) is 17.2. The van der Waals surface area contributed by atoms with E-state index in [1.807, 2.05) is 56.3 Å². The lowest BCUT2D eigenvalue weighted by Gasteiger charge is -2.29. The molecule has 2 aromatic rings. The fraction of sp³-hybridized carbons (Fsp3) is 0.333. The molecule has 0 bridgehead atoms. The number of likely N-dealkylation sites (tertiary alicyclic amines) is 1. The fourth-order valence-corrected chi connectivity index (χ4v) is 4.05. The van der Waals surface area contributed by atoms with Gasteiger partial charge in [0.2, 0.25) is 0 Å². The van der Waals surface area contributed by atoms with Crippen LogP contribution in [-0.4, -0.2) is 36.9 Å². The molecule has 0 aromatic heterocycles. The monoisotopic (exact) mass is 390 g/mol. The van der Waals surface area contributed by atoms with Crippen LogP contribution in [0.1, 0.15) is 36.0 Å². The molecular weight excluding hydrogens is 364 g/mol. The van der Waals surface area contributed by atoms with Crippen molar-refractivity contribution in [1.82, 2.24) is 4.90 Å². The fourth-order valence-electron chi connectivity index (χ4n) is 4.05. The van der Waals surface area contributed by atoms with E-state index in [-0.39, 0.29) is 11.8 Å². The maximum Gasteiger partial charge on any atom is 0.282 e. The molecule has 0 atom stereocenters. The molecular formula is C24H26N2O3. The first-order chi connectivity index (χ1) is 14.0. The third kappa shape index (κ3) is 3.41. The van der Waals surface area contributed by atoms with Crippen LogP contribution in [0.3, 0.4) is 0 Å². The number of ether oxygens (including phenoxy) is 1. The van der Waals surface area contributed by atoms with Gasteiger partial charge in [-0.2, -0.15) is 0 Å². The zero-order chi connectivity index (χ0) is 20.5. The summed E-state index contributed by atoms with van der Waals surface area (Å²) in [5.41, 5.74) is 4.57. The smallest absolute Gasteiger partial charge is 0.282 e. The van der Waals surface area contributed by atoms with Gasteiger partial charge in [-0.05, 0) is 74.1 Å². The van der Waals surface area contributed by atoms with E-state index >= 15 is 0 Å². The molecule has 1 saturated heterocycles. The molecule has 2 aliphatic rings. The molecule has 0 N–H and O–H groups in total. The molecule has 5 heteroatoms. The second kappa shape index (κ2) is 7.74. The number of carbonyl (C=O) groups excluding carboxylic acids is 2. The van der Waals surface area contributed by atoms with E-state index in [0.717, 1.165) is 54.8 Å². The summed E-state index contributed by atoms with van der Waals surface area (Å²) in [6.45, 7) is 5.61. The van der Waals surface area contributed by atoms with E-state index in [9.17, 15) is 9.59 Å². The molecule has 0 saturated carbocycles. The molecule has 2 amide bonds. The number of piperidine rings is 1. The summed E-state index contributed by atoms with van der Waals surface area (Å²) in [5.74, 6) is 0.228. The van der Waals surface area contributed by atoms with Crippen molar-refractivity contribution in [3.63, 3.8) is 0 Å². The second-order valence-electron chi connectivity index (χ2n) is 7.71. The van der Waals surface area contributed by atoms with Gasteiger partial charge >= 0.3 is 0 Å². The van der Waals surface area contributed by atoms with E-state index in [4.69, 9.17) is 4.74 Å². The Kier molecular flexibility index (Phi) is 5.14. The minimum absolute atomic E-state index is 0.231. The molecule has 4 rings (SSSR count). The number of nitrogens with zero attached hydrogens (tertiary/aromatic N) is 2. The number of imide groups is 1. The van der Waals surface area contributed by atoms with Gasteiger partial charge in [0, 0.05) is 13.1 Å². The van der Waals surface area contributed by atoms with Crippen LogP contribution >= 0.6 is 0 Å². The first kappa shape index (κ1) is 19.2. The summed E-state index contributed by atoms with van der Waals surface area (Å²) < 4.78 is 5.25. The molecule has 29 heavy (non-hydrogen) atoms. The number of amides is 2. The molecule has 150 valence electrons. The first-order valence-electron chi connectivity index (χ1n) is 10.1. The number of benzene rings is 2. The SMILES string of the molecule is COc1ccc(C2=C(N3CCCCC3)C(=O)N(c3ccc(C)c(C)c3)C2=O)cc1. The second-order valence-corrected chi connectivity index (χ2v) is 7.71. The number of rotatable bonds is 4. The predicted molar refractivity (Wildman–Crippen MR) is 114 cm³/mol. The number of aryl methyl sites for hydroxylation is 2. The summed E-state index contributed by atoms with van der Waals surface area (Å²) in [4.78, 5) is 30.4. The Morgan fingerprint density at radius 1 is 0.828 bits per heavy atom. The molecule has 5 nitrogen and oxygen atoms in total. The zero-order valence-electron chi connectivity index (χ0n) is 17.2. The third-order valence-electron chi connectivity index (χ3n) is 5.86. The van der Waals surface area contributed by atoms with Crippen molar-refractivity contribution in [2.45, 2.75) is 33.1 Å². The Hall–Kier alpha value is -3.08. The van der Waals surface area contributed by atoms with E-state index in [2.05, 4.69) is 4.90 Å². The Morgan fingerprint density at radius 2 is 1.52 bits per heavy atom. The van der Waals surface area contributed by atoms with Crippen molar-refractivity contribution in [2.24, 2.45) is 0 Å². The van der Waals surface area contributed by atoms with Gasteiger partial charge in [-0.15, -0.1) is 0 Å². The summed E-state index contributed by atoms with van der Waals surface area (Å²) in [7, 11) is 1.61. The Labute approximate surface area is 171 Å². The molecule has 0 spiro atoms. The van der Waals surface area contributed by atoms with Gasteiger partial charge in [0.05, 0.1) is 18.4 Å². The van der Waals surface area contributed by atoms with Crippen LogP contribution in [0.4, 0.5) is 5.69 Å². The van der Waals surface area contributed by atoms with E-state index in [0.29, 0.717) is 17.0 Å². The highest BCUT2D eigenvalue weighted by molar-refractivity contribution is 6.45. The van der Waals surface area contributed by atoms with Crippen LogP contribution in [0.25, 0.3) is 5.57 Å². The van der Waals surface area contributed by atoms with Crippen molar-refractivity contribution in [3.8, 4) is 5.75 Å². The summed E-state index contributed by atoms with van der Waals surface area (Å²) >= 11 is 0. The van der Waals surface area contributed by atoms with Crippen LogP contribution in [0.2, 0.25) is 0 Å². The summed E-state index contributed by atoms with van der Waals surface area (Å²) in [6.07, 6.45) is 3.22. The van der Waals surface area contributed by atoms with Gasteiger partial charge in [0.1, 0.15) is 11.4 Å². The van der Waals surface area contributed by atoms with Crippen molar-refractivity contribution in [1.29, 1.82) is 0 Å². The van der Waals surface area contributed by atoms with Crippen LogP contribution in [0.15, 0.2) is 48.2 Å². The molecule has 2 aromatic carbocycles. The molecule has 0 unspecified atom stereocenters. The van der Waals surface area contributed by atoms with Gasteiger partial charge in [0.15, 0.2) is 0 Å². The predicted octanol–water partition coefficient (Wildman–Crippen LogP) is 4.08. The van der Waals surface area contributed by atoms with Gasteiger partial charge in [0.25, 0.3) is 11.8 Å². The number of anilines is 1. The minimum Gasteiger partial charge on any atom is -0.497 e. The van der Waals surface area contributed by atoms with Crippen LogP contribution < -0.4 is 9.64 Å². The highest BCUT2D eigenvalue weighted by Gasteiger charge is 2.42. The van der Waals surface area contributed by atoms with Crippen molar-refractivity contribution >= 4 is 23.1 Å². The minimum atomic E-state index is -0.260. The number of carbonyl (C=O) groups is 2. The number of hydrogen-bond donors (Lipinski definition) is 0. The lowest BCUT2D eigenvalue weighted by Crippen LogP contribution is -2.37. The Balaban J connectivity index is 1.81. The summed E-state index contributed by atoms with van der Waals surface area (Å²) in [5, 5.41) is 0. The number of hydrogen-bond acceptors (Lipinski definition) is 4. The average molecular weight is 390 g/mol. The first-order valence-corrected chi connectivity index (χ1v) is 10.1. The van der Waals surface area contributed by atoms with Crippen LogP contribution in [-0.2, 0) is 9.59 Å². The topological polar surface area (TPSA) is 49.9 Å². The highest BCUT2D eigenvalue weighted by Crippen LogP contribution is 2.36.